The number of benzene rings is 2. The van der Waals surface area contributed by atoms with E-state index in [1.807, 2.05) is 25.1 Å². The molecule has 0 fully saturated rings. The summed E-state index contributed by atoms with van der Waals surface area (Å²) in [6, 6.07) is 9.02. The fraction of sp³-hybridized carbons (Fsp3) is 0.188. The first-order valence-electron chi connectivity index (χ1n) is 6.70. The molecule has 112 valence electrons. The molecule has 1 aliphatic heterocycles. The molecular weight excluding hydrogens is 346 g/mol. The average molecular weight is 360 g/mol. The molecule has 0 aliphatic carbocycles. The average Bonchev–Trinajstić information content (AvgIpc) is 2.96. The lowest BCUT2D eigenvalue weighted by atomic mass is 10.1. The fourth-order valence-corrected chi connectivity index (χ4v) is 2.94. The standard InChI is InChI=1S/C16H14BrN3O2/c1-8-7-11-14(12(17)13(8)18)20-15(19-11)9-3-5-10(6-4-9)16(21)22-2/h3-7,15H,18H2,1-2H3/t15-/m1/s1. The molecule has 22 heavy (non-hydrogen) atoms. The zero-order valence-electron chi connectivity index (χ0n) is 12.1. The highest BCUT2D eigenvalue weighted by molar-refractivity contribution is 9.10. The van der Waals surface area contributed by atoms with Gasteiger partial charge in [-0.2, -0.15) is 0 Å². The van der Waals surface area contributed by atoms with Crippen molar-refractivity contribution < 1.29 is 9.53 Å². The predicted octanol–water partition coefficient (Wildman–Crippen LogP) is 2.08. The van der Waals surface area contributed by atoms with Crippen LogP contribution in [0, 0.1) is 6.92 Å². The number of aryl methyl sites for hydroxylation is 1. The molecular formula is C16H14BrN3O2. The molecule has 6 heteroatoms. The first-order chi connectivity index (χ1) is 10.5. The smallest absolute Gasteiger partial charge is 0.337 e. The zero-order valence-corrected chi connectivity index (χ0v) is 13.7. The van der Waals surface area contributed by atoms with Gasteiger partial charge in [-0.25, -0.2) is 4.79 Å². The van der Waals surface area contributed by atoms with Crippen LogP contribution in [-0.2, 0) is 4.74 Å². The van der Waals surface area contributed by atoms with Crippen LogP contribution in [0.15, 0.2) is 44.8 Å². The monoisotopic (exact) mass is 359 g/mol. The third kappa shape index (κ3) is 2.39. The van der Waals surface area contributed by atoms with Crippen LogP contribution in [0.1, 0.15) is 27.7 Å². The van der Waals surface area contributed by atoms with Crippen LogP contribution in [0.5, 0.6) is 0 Å². The number of anilines is 1. The maximum absolute atomic E-state index is 11.5. The van der Waals surface area contributed by atoms with Crippen molar-refractivity contribution in [2.45, 2.75) is 13.1 Å². The van der Waals surface area contributed by atoms with Crippen molar-refractivity contribution in [3.8, 4) is 0 Å². The number of nitrogens with two attached hydrogens (primary N) is 1. The van der Waals surface area contributed by atoms with Gasteiger partial charge in [0.2, 0.25) is 0 Å². The van der Waals surface area contributed by atoms with Gasteiger partial charge in [-0.3, -0.25) is 9.98 Å². The van der Waals surface area contributed by atoms with Gasteiger partial charge in [0, 0.05) is 0 Å². The van der Waals surface area contributed by atoms with Crippen molar-refractivity contribution in [3.63, 3.8) is 0 Å². The van der Waals surface area contributed by atoms with Gasteiger partial charge in [-0.05, 0) is 52.2 Å². The van der Waals surface area contributed by atoms with Crippen molar-refractivity contribution in [1.82, 2.24) is 0 Å². The second kappa shape index (κ2) is 5.53. The number of carbonyl (C=O) groups is 1. The van der Waals surface area contributed by atoms with Crippen molar-refractivity contribution >= 4 is 27.6 Å². The van der Waals surface area contributed by atoms with Crippen LogP contribution in [0.4, 0.5) is 5.69 Å². The molecule has 0 bridgehead atoms. The SMILES string of the molecule is COC(=O)c1ccc([C@@H]2N=c3cc(C)c(N)c(Br)c3=N2)cc1. The quantitative estimate of drug-likeness (QED) is 0.658. The molecule has 1 atom stereocenters. The molecule has 2 aromatic carbocycles. The van der Waals surface area contributed by atoms with Crippen molar-refractivity contribution in [3.05, 3.63) is 62.2 Å². The van der Waals surface area contributed by atoms with Gasteiger partial charge in [0.1, 0.15) is 5.36 Å². The maximum atomic E-state index is 11.5. The van der Waals surface area contributed by atoms with Gasteiger partial charge < -0.3 is 10.5 Å². The summed E-state index contributed by atoms with van der Waals surface area (Å²) in [5.41, 5.74) is 9.06. The Hall–Kier alpha value is -2.21. The second-order valence-corrected chi connectivity index (χ2v) is 5.83. The fourth-order valence-electron chi connectivity index (χ4n) is 2.33. The number of hydrogen-bond acceptors (Lipinski definition) is 5. The van der Waals surface area contributed by atoms with Crippen LogP contribution < -0.4 is 16.4 Å². The predicted molar refractivity (Wildman–Crippen MR) is 86.1 cm³/mol. The van der Waals surface area contributed by atoms with Crippen molar-refractivity contribution in [2.75, 3.05) is 12.8 Å². The number of nitrogen functional groups attached to an aromatic ring is 1. The van der Waals surface area contributed by atoms with Gasteiger partial charge in [-0.15, -0.1) is 0 Å². The summed E-state index contributed by atoms with van der Waals surface area (Å²) < 4.78 is 5.47. The van der Waals surface area contributed by atoms with Crippen LogP contribution in [0.25, 0.3) is 0 Å². The minimum Gasteiger partial charge on any atom is -0.465 e. The number of esters is 1. The van der Waals surface area contributed by atoms with E-state index in [1.54, 1.807) is 12.1 Å². The lowest BCUT2D eigenvalue weighted by Gasteiger charge is -2.05. The first-order valence-corrected chi connectivity index (χ1v) is 7.49. The van der Waals surface area contributed by atoms with E-state index in [0.717, 1.165) is 26.3 Å². The van der Waals surface area contributed by atoms with E-state index in [4.69, 9.17) is 5.73 Å². The molecule has 2 aromatic rings. The van der Waals surface area contributed by atoms with E-state index in [-0.39, 0.29) is 12.1 Å². The molecule has 0 spiro atoms. The van der Waals surface area contributed by atoms with E-state index in [0.29, 0.717) is 11.3 Å². The number of rotatable bonds is 2. The summed E-state index contributed by atoms with van der Waals surface area (Å²) in [6.45, 7) is 1.94. The molecule has 0 amide bonds. The lowest BCUT2D eigenvalue weighted by Crippen LogP contribution is -2.24. The van der Waals surface area contributed by atoms with Crippen LogP contribution in [0.2, 0.25) is 0 Å². The van der Waals surface area contributed by atoms with E-state index >= 15 is 0 Å². The Morgan fingerprint density at radius 3 is 2.59 bits per heavy atom. The molecule has 1 aliphatic rings. The van der Waals surface area contributed by atoms with Gasteiger partial charge in [0.05, 0.1) is 28.2 Å². The number of carbonyl (C=O) groups excluding carboxylic acids is 1. The van der Waals surface area contributed by atoms with Crippen molar-refractivity contribution in [2.24, 2.45) is 9.98 Å². The normalized spacial score (nSPS) is 15.7. The van der Waals surface area contributed by atoms with Crippen LogP contribution in [-0.4, -0.2) is 13.1 Å². The topological polar surface area (TPSA) is 77.0 Å². The molecule has 5 nitrogen and oxygen atoms in total. The second-order valence-electron chi connectivity index (χ2n) is 5.03. The minimum absolute atomic E-state index is 0.320. The van der Waals surface area contributed by atoms with Gasteiger partial charge >= 0.3 is 5.97 Å². The number of ether oxygens (including phenoxy) is 1. The third-order valence-electron chi connectivity index (χ3n) is 3.61. The lowest BCUT2D eigenvalue weighted by molar-refractivity contribution is 0.0600. The Bertz CT molecular complexity index is 876. The molecule has 2 N–H and O–H groups in total. The largest absolute Gasteiger partial charge is 0.465 e. The molecule has 0 unspecified atom stereocenters. The number of fused-ring (bicyclic) bond motifs is 1. The highest BCUT2D eigenvalue weighted by Gasteiger charge is 2.17. The summed E-state index contributed by atoms with van der Waals surface area (Å²) >= 11 is 3.48. The molecule has 0 radical (unpaired) electrons. The van der Waals surface area contributed by atoms with Gasteiger partial charge in [0.15, 0.2) is 6.17 Å². The number of hydrogen-bond donors (Lipinski definition) is 1. The maximum Gasteiger partial charge on any atom is 0.337 e. The summed E-state index contributed by atoms with van der Waals surface area (Å²) in [6.07, 6.45) is -0.320. The minimum atomic E-state index is -0.360. The summed E-state index contributed by atoms with van der Waals surface area (Å²) in [5.74, 6) is -0.360. The molecule has 3 rings (SSSR count). The molecule has 0 saturated heterocycles. The Kier molecular flexibility index (Phi) is 3.70. The van der Waals surface area contributed by atoms with Crippen LogP contribution >= 0.6 is 15.9 Å². The third-order valence-corrected chi connectivity index (χ3v) is 4.41. The Labute approximate surface area is 135 Å². The van der Waals surface area contributed by atoms with Crippen LogP contribution in [0.3, 0.4) is 0 Å². The van der Waals surface area contributed by atoms with E-state index in [1.165, 1.54) is 7.11 Å². The van der Waals surface area contributed by atoms with Gasteiger partial charge in [0.25, 0.3) is 0 Å². The zero-order chi connectivity index (χ0) is 15.9. The number of nitrogens with zero attached hydrogens (tertiary/aromatic N) is 2. The Balaban J connectivity index is 2.01. The Morgan fingerprint density at radius 2 is 1.95 bits per heavy atom. The molecule has 0 aromatic heterocycles. The summed E-state index contributed by atoms with van der Waals surface area (Å²) in [7, 11) is 1.36. The molecule has 0 saturated carbocycles. The first kappa shape index (κ1) is 14.7. The van der Waals surface area contributed by atoms with Gasteiger partial charge in [-0.1, -0.05) is 12.1 Å². The van der Waals surface area contributed by atoms with Crippen molar-refractivity contribution in [1.29, 1.82) is 0 Å². The number of methoxy groups -OCH3 is 1. The Morgan fingerprint density at radius 1 is 1.27 bits per heavy atom. The molecule has 1 heterocycles. The summed E-state index contributed by atoms with van der Waals surface area (Å²) in [4.78, 5) is 20.7. The number of halogens is 1. The highest BCUT2D eigenvalue weighted by Crippen LogP contribution is 2.23. The van der Waals surface area contributed by atoms with E-state index < -0.39 is 0 Å². The summed E-state index contributed by atoms with van der Waals surface area (Å²) in [5, 5.41) is 1.59. The van der Waals surface area contributed by atoms with E-state index in [2.05, 4.69) is 30.7 Å². The van der Waals surface area contributed by atoms with E-state index in [9.17, 15) is 4.79 Å². The highest BCUT2D eigenvalue weighted by atomic mass is 79.9.